The third-order valence-electron chi connectivity index (χ3n) is 3.38. The van der Waals surface area contributed by atoms with Crippen molar-refractivity contribution >= 4 is 5.97 Å². The summed E-state index contributed by atoms with van der Waals surface area (Å²) < 4.78 is 52.4. The summed E-state index contributed by atoms with van der Waals surface area (Å²) >= 11 is 0. The fourth-order valence-electron chi connectivity index (χ4n) is 2.29. The first kappa shape index (κ1) is 17.5. The van der Waals surface area contributed by atoms with Crippen LogP contribution in [0.4, 0.5) is 17.6 Å². The van der Waals surface area contributed by atoms with Gasteiger partial charge in [0.1, 0.15) is 5.82 Å². The van der Waals surface area contributed by atoms with Crippen molar-refractivity contribution in [3.63, 3.8) is 0 Å². The Hall–Kier alpha value is -2.88. The van der Waals surface area contributed by atoms with E-state index in [-0.39, 0.29) is 29.5 Å². The molecule has 2 rings (SSSR count). The summed E-state index contributed by atoms with van der Waals surface area (Å²) in [4.78, 5) is 10.7. The quantitative estimate of drug-likeness (QED) is 0.841. The van der Waals surface area contributed by atoms with Gasteiger partial charge in [0, 0.05) is 6.42 Å². The fourth-order valence-corrected chi connectivity index (χ4v) is 2.29. The predicted octanol–water partition coefficient (Wildman–Crippen LogP) is 4.40. The smallest absolute Gasteiger partial charge is 0.416 e. The summed E-state index contributed by atoms with van der Waals surface area (Å²) in [6.45, 7) is 0. The predicted molar refractivity (Wildman–Crippen MR) is 77.5 cm³/mol. The number of alkyl halides is 3. The molecule has 0 amide bonds. The van der Waals surface area contributed by atoms with E-state index in [4.69, 9.17) is 10.4 Å². The molecule has 0 aromatic heterocycles. The number of carboxylic acids is 1. The van der Waals surface area contributed by atoms with Crippen molar-refractivity contribution in [2.24, 2.45) is 0 Å². The van der Waals surface area contributed by atoms with Crippen molar-refractivity contribution in [3.05, 3.63) is 58.9 Å². The summed E-state index contributed by atoms with van der Waals surface area (Å²) in [5.41, 5.74) is -0.481. The summed E-state index contributed by atoms with van der Waals surface area (Å²) in [5.74, 6) is -1.86. The molecule has 7 heteroatoms. The molecular formula is C17H11F4NO2. The lowest BCUT2D eigenvalue weighted by atomic mass is 9.93. The maximum atomic E-state index is 13.6. The van der Waals surface area contributed by atoms with E-state index >= 15 is 0 Å². The molecule has 0 aliphatic heterocycles. The SMILES string of the molecule is N#Cc1cc(F)cc(-c2cc(C(F)(F)F)ccc2CCC(=O)O)c1. The van der Waals surface area contributed by atoms with Gasteiger partial charge in [-0.05, 0) is 53.4 Å². The summed E-state index contributed by atoms with van der Waals surface area (Å²) in [5, 5.41) is 17.7. The highest BCUT2D eigenvalue weighted by Crippen LogP contribution is 2.35. The van der Waals surface area contributed by atoms with Gasteiger partial charge < -0.3 is 5.11 Å². The zero-order valence-corrected chi connectivity index (χ0v) is 12.2. The highest BCUT2D eigenvalue weighted by atomic mass is 19.4. The van der Waals surface area contributed by atoms with Crippen molar-refractivity contribution in [3.8, 4) is 17.2 Å². The Bertz CT molecular complexity index is 822. The number of benzene rings is 2. The lowest BCUT2D eigenvalue weighted by Gasteiger charge is -2.14. The third kappa shape index (κ3) is 4.10. The highest BCUT2D eigenvalue weighted by Gasteiger charge is 2.31. The van der Waals surface area contributed by atoms with Crippen molar-refractivity contribution in [1.82, 2.24) is 0 Å². The topological polar surface area (TPSA) is 61.1 Å². The van der Waals surface area contributed by atoms with E-state index in [1.807, 2.05) is 0 Å². The zero-order valence-electron chi connectivity index (χ0n) is 12.2. The highest BCUT2D eigenvalue weighted by molar-refractivity contribution is 5.72. The Balaban J connectivity index is 2.61. The van der Waals surface area contributed by atoms with Crippen molar-refractivity contribution < 1.29 is 27.5 Å². The molecule has 2 aromatic carbocycles. The second-order valence-corrected chi connectivity index (χ2v) is 5.10. The van der Waals surface area contributed by atoms with E-state index < -0.39 is 23.5 Å². The molecule has 0 fully saturated rings. The number of halogens is 4. The molecule has 0 bridgehead atoms. The van der Waals surface area contributed by atoms with Gasteiger partial charge >= 0.3 is 12.1 Å². The second kappa shape index (κ2) is 6.71. The van der Waals surface area contributed by atoms with Gasteiger partial charge in [-0.2, -0.15) is 18.4 Å². The van der Waals surface area contributed by atoms with Crippen molar-refractivity contribution in [2.75, 3.05) is 0 Å². The number of rotatable bonds is 4. The van der Waals surface area contributed by atoms with E-state index in [1.54, 1.807) is 6.07 Å². The molecule has 0 aliphatic carbocycles. The number of hydrogen-bond donors (Lipinski definition) is 1. The van der Waals surface area contributed by atoms with Crippen LogP contribution in [0.2, 0.25) is 0 Å². The lowest BCUT2D eigenvalue weighted by Crippen LogP contribution is -2.07. The van der Waals surface area contributed by atoms with Crippen LogP contribution in [0.5, 0.6) is 0 Å². The molecule has 0 atom stereocenters. The monoisotopic (exact) mass is 337 g/mol. The number of carboxylic acid groups (broad SMARTS) is 1. The van der Waals surface area contributed by atoms with Gasteiger partial charge in [0.05, 0.1) is 17.2 Å². The van der Waals surface area contributed by atoms with Gasteiger partial charge in [-0.3, -0.25) is 4.79 Å². The maximum Gasteiger partial charge on any atom is 0.416 e. The van der Waals surface area contributed by atoms with Crippen LogP contribution in [0.1, 0.15) is 23.1 Å². The first-order valence-corrected chi connectivity index (χ1v) is 6.83. The van der Waals surface area contributed by atoms with E-state index in [0.717, 1.165) is 24.3 Å². The van der Waals surface area contributed by atoms with Gasteiger partial charge in [0.25, 0.3) is 0 Å². The molecular weight excluding hydrogens is 326 g/mol. The van der Waals surface area contributed by atoms with Gasteiger partial charge in [-0.15, -0.1) is 0 Å². The average Bonchev–Trinajstić information content (AvgIpc) is 2.51. The van der Waals surface area contributed by atoms with Crippen LogP contribution < -0.4 is 0 Å². The molecule has 24 heavy (non-hydrogen) atoms. The van der Waals surface area contributed by atoms with E-state index in [2.05, 4.69) is 0 Å². The molecule has 0 saturated heterocycles. The van der Waals surface area contributed by atoms with Crippen LogP contribution in [0.15, 0.2) is 36.4 Å². The van der Waals surface area contributed by atoms with Crippen LogP contribution >= 0.6 is 0 Å². The van der Waals surface area contributed by atoms with E-state index in [1.165, 1.54) is 12.1 Å². The van der Waals surface area contributed by atoms with Crippen LogP contribution in [0.25, 0.3) is 11.1 Å². The number of carbonyl (C=O) groups is 1. The second-order valence-electron chi connectivity index (χ2n) is 5.10. The Morgan fingerprint density at radius 1 is 1.17 bits per heavy atom. The Morgan fingerprint density at radius 2 is 1.88 bits per heavy atom. The van der Waals surface area contributed by atoms with Crippen LogP contribution in [0.3, 0.4) is 0 Å². The summed E-state index contributed by atoms with van der Waals surface area (Å²) in [6, 6.07) is 7.86. The van der Waals surface area contributed by atoms with Crippen molar-refractivity contribution in [2.45, 2.75) is 19.0 Å². The van der Waals surface area contributed by atoms with Gasteiger partial charge in [-0.25, -0.2) is 4.39 Å². The largest absolute Gasteiger partial charge is 0.481 e. The number of aryl methyl sites for hydroxylation is 1. The van der Waals surface area contributed by atoms with Crippen LogP contribution in [-0.4, -0.2) is 11.1 Å². The van der Waals surface area contributed by atoms with Crippen LogP contribution in [-0.2, 0) is 17.4 Å². The van der Waals surface area contributed by atoms with Gasteiger partial charge in [0.15, 0.2) is 0 Å². The minimum Gasteiger partial charge on any atom is -0.481 e. The molecule has 0 spiro atoms. The third-order valence-corrected chi connectivity index (χ3v) is 3.38. The minimum absolute atomic E-state index is 0.0127. The van der Waals surface area contributed by atoms with Crippen molar-refractivity contribution in [1.29, 1.82) is 5.26 Å². The molecule has 124 valence electrons. The maximum absolute atomic E-state index is 13.6. The van der Waals surface area contributed by atoms with Crippen LogP contribution in [0, 0.1) is 17.1 Å². The molecule has 0 radical (unpaired) electrons. The number of nitrogens with zero attached hydrogens (tertiary/aromatic N) is 1. The first-order valence-electron chi connectivity index (χ1n) is 6.83. The zero-order chi connectivity index (χ0) is 17.9. The molecule has 2 aromatic rings. The van der Waals surface area contributed by atoms with E-state index in [0.29, 0.717) is 5.56 Å². The van der Waals surface area contributed by atoms with Gasteiger partial charge in [0.2, 0.25) is 0 Å². The normalized spacial score (nSPS) is 11.1. The van der Waals surface area contributed by atoms with Gasteiger partial charge in [-0.1, -0.05) is 6.07 Å². The molecule has 0 aliphatic rings. The average molecular weight is 337 g/mol. The molecule has 0 unspecified atom stereocenters. The number of nitriles is 1. The summed E-state index contributed by atoms with van der Waals surface area (Å²) in [6.07, 6.45) is -4.88. The molecule has 0 heterocycles. The first-order chi connectivity index (χ1) is 11.2. The molecule has 3 nitrogen and oxygen atoms in total. The fraction of sp³-hybridized carbons (Fsp3) is 0.176. The standard InChI is InChI=1S/C17H11F4NO2/c18-14-6-10(9-22)5-12(7-14)15-8-13(17(19,20)21)3-1-11(15)2-4-16(23)24/h1,3,5-8H,2,4H2,(H,23,24). The summed E-state index contributed by atoms with van der Waals surface area (Å²) in [7, 11) is 0. The molecule has 1 N–H and O–H groups in total. The Morgan fingerprint density at radius 3 is 2.46 bits per heavy atom. The molecule has 0 saturated carbocycles. The Kier molecular flexibility index (Phi) is 4.88. The lowest BCUT2D eigenvalue weighted by molar-refractivity contribution is -0.138. The Labute approximate surface area is 134 Å². The number of aliphatic carboxylic acids is 1. The van der Waals surface area contributed by atoms with E-state index in [9.17, 15) is 22.4 Å². The minimum atomic E-state index is -4.59. The number of hydrogen-bond acceptors (Lipinski definition) is 2.